The van der Waals surface area contributed by atoms with Gasteiger partial charge in [-0.3, -0.25) is 0 Å². The van der Waals surface area contributed by atoms with E-state index in [0.717, 1.165) is 36.3 Å². The smallest absolute Gasteiger partial charge is 0.150 e. The second-order valence-corrected chi connectivity index (χ2v) is 7.66. The van der Waals surface area contributed by atoms with Gasteiger partial charge in [-0.2, -0.15) is 0 Å². The topological polar surface area (TPSA) is 63.6 Å². The van der Waals surface area contributed by atoms with Gasteiger partial charge in [-0.15, -0.1) is 0 Å². The molecule has 1 saturated heterocycles. The third kappa shape index (κ3) is 2.62. The molecule has 0 aromatic heterocycles. The zero-order valence-electron chi connectivity index (χ0n) is 10.7. The van der Waals surface area contributed by atoms with E-state index in [-0.39, 0.29) is 17.4 Å². The van der Waals surface area contributed by atoms with Crippen LogP contribution in [0.1, 0.15) is 30.1 Å². The number of aliphatic hydroxyl groups is 1. The van der Waals surface area contributed by atoms with Gasteiger partial charge in [0.05, 0.1) is 24.2 Å². The molecular weight excluding hydrogens is 264 g/mol. The molecule has 19 heavy (non-hydrogen) atoms. The van der Waals surface area contributed by atoms with Crippen LogP contribution in [0.25, 0.3) is 0 Å². The highest BCUT2D eigenvalue weighted by Crippen LogP contribution is 2.34. The number of sulfone groups is 1. The van der Waals surface area contributed by atoms with Crippen LogP contribution in [0, 0.1) is 5.92 Å². The molecule has 2 atom stereocenters. The lowest BCUT2D eigenvalue weighted by atomic mass is 9.93. The third-order valence-electron chi connectivity index (χ3n) is 3.99. The maximum atomic E-state index is 11.5. The van der Waals surface area contributed by atoms with E-state index < -0.39 is 15.9 Å². The summed E-state index contributed by atoms with van der Waals surface area (Å²) >= 11 is 0. The van der Waals surface area contributed by atoms with Crippen molar-refractivity contribution in [2.45, 2.75) is 25.4 Å². The zero-order chi connectivity index (χ0) is 13.5. The van der Waals surface area contributed by atoms with Crippen LogP contribution in [0.5, 0.6) is 5.75 Å². The van der Waals surface area contributed by atoms with Gasteiger partial charge in [-0.1, -0.05) is 6.07 Å². The van der Waals surface area contributed by atoms with Crippen LogP contribution in [-0.4, -0.2) is 31.6 Å². The maximum Gasteiger partial charge on any atom is 0.150 e. The molecule has 0 radical (unpaired) electrons. The number of aryl methyl sites for hydroxylation is 1. The van der Waals surface area contributed by atoms with Gasteiger partial charge in [0.1, 0.15) is 5.75 Å². The molecule has 2 heterocycles. The normalized spacial score (nSPS) is 26.5. The van der Waals surface area contributed by atoms with Crippen molar-refractivity contribution in [1.82, 2.24) is 0 Å². The van der Waals surface area contributed by atoms with Gasteiger partial charge >= 0.3 is 0 Å². The molecule has 4 nitrogen and oxygen atoms in total. The summed E-state index contributed by atoms with van der Waals surface area (Å²) in [7, 11) is -2.95. The van der Waals surface area contributed by atoms with E-state index in [4.69, 9.17) is 4.74 Å². The second-order valence-electron chi connectivity index (χ2n) is 5.43. The van der Waals surface area contributed by atoms with Gasteiger partial charge in [0, 0.05) is 5.92 Å². The Morgan fingerprint density at radius 3 is 2.95 bits per heavy atom. The minimum Gasteiger partial charge on any atom is -0.493 e. The standard InChI is InChI=1S/C14H18O4S/c15-14(12-5-7-19(16,17)9-12)11-3-4-13-10(8-11)2-1-6-18-13/h3-4,8,12,14-15H,1-2,5-7,9H2. The van der Waals surface area contributed by atoms with Crippen LogP contribution in [0.4, 0.5) is 0 Å². The van der Waals surface area contributed by atoms with Crippen molar-refractivity contribution in [3.05, 3.63) is 29.3 Å². The fourth-order valence-electron chi connectivity index (χ4n) is 2.91. The first-order valence-corrected chi connectivity index (χ1v) is 8.51. The predicted octanol–water partition coefficient (Wildman–Crippen LogP) is 1.48. The lowest BCUT2D eigenvalue weighted by Gasteiger charge is -2.21. The van der Waals surface area contributed by atoms with Gasteiger partial charge in [0.2, 0.25) is 0 Å². The van der Waals surface area contributed by atoms with Crippen molar-refractivity contribution >= 4 is 9.84 Å². The molecule has 2 unspecified atom stereocenters. The Morgan fingerprint density at radius 1 is 1.37 bits per heavy atom. The summed E-state index contributed by atoms with van der Waals surface area (Å²) in [5.74, 6) is 1.01. The van der Waals surface area contributed by atoms with E-state index >= 15 is 0 Å². The molecule has 1 N–H and O–H groups in total. The van der Waals surface area contributed by atoms with E-state index in [1.165, 1.54) is 0 Å². The fourth-order valence-corrected chi connectivity index (χ4v) is 4.74. The van der Waals surface area contributed by atoms with Crippen LogP contribution >= 0.6 is 0 Å². The average molecular weight is 282 g/mol. The second kappa shape index (κ2) is 4.80. The maximum absolute atomic E-state index is 11.5. The number of fused-ring (bicyclic) bond motifs is 1. The first-order chi connectivity index (χ1) is 9.05. The molecule has 2 aliphatic heterocycles. The summed E-state index contributed by atoms with van der Waals surface area (Å²) in [5.41, 5.74) is 1.93. The summed E-state index contributed by atoms with van der Waals surface area (Å²) in [6, 6.07) is 5.69. The summed E-state index contributed by atoms with van der Waals surface area (Å²) in [6.45, 7) is 0.746. The van der Waals surface area contributed by atoms with Crippen molar-refractivity contribution in [3.8, 4) is 5.75 Å². The number of benzene rings is 1. The number of ether oxygens (including phenoxy) is 1. The van der Waals surface area contributed by atoms with E-state index in [1.54, 1.807) is 0 Å². The molecule has 0 saturated carbocycles. The van der Waals surface area contributed by atoms with Crippen LogP contribution < -0.4 is 4.74 Å². The molecule has 1 aromatic carbocycles. The lowest BCUT2D eigenvalue weighted by molar-refractivity contribution is 0.121. The van der Waals surface area contributed by atoms with E-state index in [9.17, 15) is 13.5 Å². The molecule has 104 valence electrons. The first-order valence-electron chi connectivity index (χ1n) is 6.69. The largest absolute Gasteiger partial charge is 0.493 e. The molecule has 5 heteroatoms. The predicted molar refractivity (Wildman–Crippen MR) is 72.0 cm³/mol. The summed E-state index contributed by atoms with van der Waals surface area (Å²) < 4.78 is 28.5. The highest BCUT2D eigenvalue weighted by Gasteiger charge is 2.33. The Kier molecular flexibility index (Phi) is 3.27. The SMILES string of the molecule is O=S1(=O)CCC(C(O)c2ccc3c(c2)CCCO3)C1. The quantitative estimate of drug-likeness (QED) is 0.892. The first kappa shape index (κ1) is 12.9. The van der Waals surface area contributed by atoms with Gasteiger partial charge < -0.3 is 9.84 Å². The van der Waals surface area contributed by atoms with Crippen molar-refractivity contribution in [2.75, 3.05) is 18.1 Å². The van der Waals surface area contributed by atoms with Gasteiger partial charge in [-0.05, 0) is 42.5 Å². The van der Waals surface area contributed by atoms with Crippen molar-refractivity contribution in [2.24, 2.45) is 5.92 Å². The van der Waals surface area contributed by atoms with Crippen molar-refractivity contribution in [1.29, 1.82) is 0 Å². The van der Waals surface area contributed by atoms with E-state index in [2.05, 4.69) is 0 Å². The molecule has 3 rings (SSSR count). The summed E-state index contributed by atoms with van der Waals surface area (Å²) in [4.78, 5) is 0. The molecular formula is C14H18O4S. The zero-order valence-corrected chi connectivity index (χ0v) is 11.5. The number of rotatable bonds is 2. The summed E-state index contributed by atoms with van der Waals surface area (Å²) in [6.07, 6.45) is 1.81. The monoisotopic (exact) mass is 282 g/mol. The Morgan fingerprint density at radius 2 is 2.21 bits per heavy atom. The summed E-state index contributed by atoms with van der Waals surface area (Å²) in [5, 5.41) is 10.3. The molecule has 0 aliphatic carbocycles. The molecule has 1 fully saturated rings. The minimum absolute atomic E-state index is 0.0990. The molecule has 0 spiro atoms. The minimum atomic E-state index is -2.95. The van der Waals surface area contributed by atoms with E-state index in [1.807, 2.05) is 18.2 Å². The molecule has 0 bridgehead atoms. The Balaban J connectivity index is 1.82. The van der Waals surface area contributed by atoms with Gasteiger partial charge in [0.25, 0.3) is 0 Å². The molecule has 0 amide bonds. The van der Waals surface area contributed by atoms with Crippen LogP contribution in [0.15, 0.2) is 18.2 Å². The van der Waals surface area contributed by atoms with Gasteiger partial charge in [0.15, 0.2) is 9.84 Å². The number of hydrogen-bond donors (Lipinski definition) is 1. The Bertz CT molecular complexity index is 579. The molecule has 2 aliphatic rings. The highest BCUT2D eigenvalue weighted by molar-refractivity contribution is 7.91. The van der Waals surface area contributed by atoms with Crippen molar-refractivity contribution < 1.29 is 18.3 Å². The van der Waals surface area contributed by atoms with Crippen molar-refractivity contribution in [3.63, 3.8) is 0 Å². The van der Waals surface area contributed by atoms with Crippen LogP contribution in [0.3, 0.4) is 0 Å². The number of hydrogen-bond acceptors (Lipinski definition) is 4. The lowest BCUT2D eigenvalue weighted by Crippen LogP contribution is -2.15. The van der Waals surface area contributed by atoms with E-state index in [0.29, 0.717) is 6.42 Å². The number of aliphatic hydroxyl groups excluding tert-OH is 1. The van der Waals surface area contributed by atoms with Crippen LogP contribution in [-0.2, 0) is 16.3 Å². The average Bonchev–Trinajstić information content (AvgIpc) is 2.78. The van der Waals surface area contributed by atoms with Gasteiger partial charge in [-0.25, -0.2) is 8.42 Å². The van der Waals surface area contributed by atoms with Crippen LogP contribution in [0.2, 0.25) is 0 Å². The Labute approximate surface area is 113 Å². The molecule has 1 aromatic rings. The Hall–Kier alpha value is -1.07. The fraction of sp³-hybridized carbons (Fsp3) is 0.571. The highest BCUT2D eigenvalue weighted by atomic mass is 32.2. The third-order valence-corrected chi connectivity index (χ3v) is 5.78.